The van der Waals surface area contributed by atoms with Gasteiger partial charge >= 0.3 is 0 Å². The van der Waals surface area contributed by atoms with E-state index in [4.69, 9.17) is 4.52 Å². The van der Waals surface area contributed by atoms with Crippen LogP contribution >= 0.6 is 11.8 Å². The Labute approximate surface area is 174 Å². The van der Waals surface area contributed by atoms with Crippen LogP contribution in [0.4, 0.5) is 11.4 Å². The van der Waals surface area contributed by atoms with Crippen LogP contribution in [0.2, 0.25) is 0 Å². The SMILES string of the molecule is Cc1cc(CSc2ncccc2C(=O)Nc2ccc(N3CCCCC3)cc2)no1. The fraction of sp³-hybridized carbons (Fsp3) is 0.318. The summed E-state index contributed by atoms with van der Waals surface area (Å²) in [5.41, 5.74) is 3.38. The quantitative estimate of drug-likeness (QED) is 0.584. The Hall–Kier alpha value is -2.80. The minimum atomic E-state index is -0.164. The minimum Gasteiger partial charge on any atom is -0.372 e. The molecular weight excluding hydrogens is 384 g/mol. The molecule has 1 aliphatic rings. The Morgan fingerprint density at radius 2 is 1.97 bits per heavy atom. The van der Waals surface area contributed by atoms with Crippen molar-refractivity contribution in [1.82, 2.24) is 10.1 Å². The zero-order valence-corrected chi connectivity index (χ0v) is 17.2. The van der Waals surface area contributed by atoms with Crippen molar-refractivity contribution in [1.29, 1.82) is 0 Å². The lowest BCUT2D eigenvalue weighted by Gasteiger charge is -2.28. The van der Waals surface area contributed by atoms with Crippen molar-refractivity contribution < 1.29 is 9.32 Å². The van der Waals surface area contributed by atoms with Crippen molar-refractivity contribution in [3.63, 3.8) is 0 Å². The maximum atomic E-state index is 12.8. The van der Waals surface area contributed by atoms with E-state index in [0.29, 0.717) is 16.3 Å². The number of rotatable bonds is 6. The van der Waals surface area contributed by atoms with E-state index in [1.54, 1.807) is 18.3 Å². The Kier molecular flexibility index (Phi) is 6.14. The molecule has 0 atom stereocenters. The molecule has 150 valence electrons. The fourth-order valence-electron chi connectivity index (χ4n) is 3.41. The molecule has 1 amide bonds. The summed E-state index contributed by atoms with van der Waals surface area (Å²) in [6.07, 6.45) is 5.49. The molecule has 1 fully saturated rings. The Morgan fingerprint density at radius 3 is 2.69 bits per heavy atom. The number of hydrogen-bond donors (Lipinski definition) is 1. The summed E-state index contributed by atoms with van der Waals surface area (Å²) in [7, 11) is 0. The number of pyridine rings is 1. The first-order valence-corrected chi connectivity index (χ1v) is 10.8. The van der Waals surface area contributed by atoms with E-state index in [0.717, 1.165) is 30.2 Å². The van der Waals surface area contributed by atoms with Crippen LogP contribution in [0.25, 0.3) is 0 Å². The number of piperidine rings is 1. The topological polar surface area (TPSA) is 71.3 Å². The van der Waals surface area contributed by atoms with Gasteiger partial charge in [-0.15, -0.1) is 0 Å². The molecule has 29 heavy (non-hydrogen) atoms. The largest absolute Gasteiger partial charge is 0.372 e. The third-order valence-corrected chi connectivity index (χ3v) is 5.93. The third-order valence-electron chi connectivity index (χ3n) is 4.90. The van der Waals surface area contributed by atoms with Crippen molar-refractivity contribution in [2.24, 2.45) is 0 Å². The van der Waals surface area contributed by atoms with Gasteiger partial charge in [-0.25, -0.2) is 4.98 Å². The van der Waals surface area contributed by atoms with E-state index in [9.17, 15) is 4.79 Å². The number of carbonyl (C=O) groups excluding carboxylic acids is 1. The third kappa shape index (κ3) is 4.98. The summed E-state index contributed by atoms with van der Waals surface area (Å²) in [6.45, 7) is 4.07. The molecule has 3 aromatic rings. The number of aromatic nitrogens is 2. The van der Waals surface area contributed by atoms with E-state index in [-0.39, 0.29) is 5.91 Å². The summed E-state index contributed by atoms with van der Waals surface area (Å²) < 4.78 is 5.10. The molecule has 7 heteroatoms. The second kappa shape index (κ2) is 9.13. The second-order valence-corrected chi connectivity index (χ2v) is 8.09. The van der Waals surface area contributed by atoms with Gasteiger partial charge in [0, 0.05) is 42.5 Å². The molecule has 1 aliphatic heterocycles. The van der Waals surface area contributed by atoms with Gasteiger partial charge < -0.3 is 14.7 Å². The molecule has 0 bridgehead atoms. The number of anilines is 2. The standard InChI is InChI=1S/C22H24N4O2S/c1-16-14-18(25-28-16)15-29-22-20(6-5-11-23-22)21(27)24-17-7-9-19(10-8-17)26-12-3-2-4-13-26/h5-11,14H,2-4,12-13,15H2,1H3,(H,24,27). The summed E-state index contributed by atoms with van der Waals surface area (Å²) in [6, 6.07) is 13.5. The van der Waals surface area contributed by atoms with Gasteiger partial charge in [0.2, 0.25) is 0 Å². The van der Waals surface area contributed by atoms with E-state index >= 15 is 0 Å². The molecule has 0 radical (unpaired) electrons. The second-order valence-electron chi connectivity index (χ2n) is 7.12. The number of aryl methyl sites for hydroxylation is 1. The number of hydrogen-bond acceptors (Lipinski definition) is 6. The molecule has 0 spiro atoms. The lowest BCUT2D eigenvalue weighted by Crippen LogP contribution is -2.29. The average Bonchev–Trinajstić information content (AvgIpc) is 3.19. The zero-order valence-electron chi connectivity index (χ0n) is 16.4. The van der Waals surface area contributed by atoms with Gasteiger partial charge in [-0.1, -0.05) is 16.9 Å². The van der Waals surface area contributed by atoms with Gasteiger partial charge in [-0.2, -0.15) is 0 Å². The van der Waals surface area contributed by atoms with Gasteiger partial charge in [-0.05, 0) is 62.6 Å². The van der Waals surface area contributed by atoms with Crippen LogP contribution in [0.1, 0.15) is 41.1 Å². The molecule has 2 aromatic heterocycles. The van der Waals surface area contributed by atoms with Crippen LogP contribution in [-0.4, -0.2) is 29.1 Å². The predicted octanol–water partition coefficient (Wildman–Crippen LogP) is 4.91. The molecule has 6 nitrogen and oxygen atoms in total. The van der Waals surface area contributed by atoms with Crippen molar-refractivity contribution in [3.8, 4) is 0 Å². The number of amides is 1. The Bertz CT molecular complexity index is 965. The summed E-state index contributed by atoms with van der Waals surface area (Å²) in [4.78, 5) is 19.6. The van der Waals surface area contributed by atoms with E-state index in [1.165, 1.54) is 36.7 Å². The Balaban J connectivity index is 1.41. The number of thioether (sulfide) groups is 1. The van der Waals surface area contributed by atoms with Gasteiger partial charge in [0.15, 0.2) is 0 Å². The Morgan fingerprint density at radius 1 is 1.17 bits per heavy atom. The van der Waals surface area contributed by atoms with E-state index in [2.05, 4.69) is 32.5 Å². The molecule has 1 N–H and O–H groups in total. The summed E-state index contributed by atoms with van der Waals surface area (Å²) >= 11 is 1.47. The molecule has 3 heterocycles. The van der Waals surface area contributed by atoms with Gasteiger partial charge in [-0.3, -0.25) is 4.79 Å². The number of benzene rings is 1. The van der Waals surface area contributed by atoms with E-state index < -0.39 is 0 Å². The molecule has 0 saturated carbocycles. The number of carbonyl (C=O) groups is 1. The highest BCUT2D eigenvalue weighted by atomic mass is 32.2. The first kappa shape index (κ1) is 19.5. The first-order valence-electron chi connectivity index (χ1n) is 9.85. The van der Waals surface area contributed by atoms with Crippen LogP contribution in [0.5, 0.6) is 0 Å². The van der Waals surface area contributed by atoms with Crippen LogP contribution in [0.15, 0.2) is 58.2 Å². The molecule has 1 aromatic carbocycles. The van der Waals surface area contributed by atoms with Gasteiger partial charge in [0.25, 0.3) is 5.91 Å². The highest BCUT2D eigenvalue weighted by Gasteiger charge is 2.15. The normalized spacial score (nSPS) is 14.0. The molecular formula is C22H24N4O2S. The smallest absolute Gasteiger partial charge is 0.258 e. The predicted molar refractivity (Wildman–Crippen MR) is 115 cm³/mol. The van der Waals surface area contributed by atoms with Crippen LogP contribution in [0.3, 0.4) is 0 Å². The first-order chi connectivity index (χ1) is 14.2. The highest BCUT2D eigenvalue weighted by Crippen LogP contribution is 2.26. The van der Waals surface area contributed by atoms with Crippen molar-refractivity contribution in [2.45, 2.75) is 37.0 Å². The minimum absolute atomic E-state index is 0.164. The van der Waals surface area contributed by atoms with Crippen LogP contribution in [-0.2, 0) is 5.75 Å². The van der Waals surface area contributed by atoms with Crippen LogP contribution < -0.4 is 10.2 Å². The maximum Gasteiger partial charge on any atom is 0.258 e. The highest BCUT2D eigenvalue weighted by molar-refractivity contribution is 7.98. The summed E-state index contributed by atoms with van der Waals surface area (Å²) in [5, 5.41) is 7.65. The molecule has 1 saturated heterocycles. The maximum absolute atomic E-state index is 12.8. The van der Waals surface area contributed by atoms with Crippen molar-refractivity contribution in [2.75, 3.05) is 23.3 Å². The fourth-order valence-corrected chi connectivity index (χ4v) is 4.29. The van der Waals surface area contributed by atoms with Gasteiger partial charge in [0.1, 0.15) is 10.8 Å². The molecule has 0 unspecified atom stereocenters. The lowest BCUT2D eigenvalue weighted by atomic mass is 10.1. The van der Waals surface area contributed by atoms with Crippen molar-refractivity contribution >= 4 is 29.0 Å². The zero-order chi connectivity index (χ0) is 20.1. The lowest BCUT2D eigenvalue weighted by molar-refractivity contribution is 0.102. The molecule has 4 rings (SSSR count). The number of nitrogens with zero attached hydrogens (tertiary/aromatic N) is 3. The molecule has 0 aliphatic carbocycles. The van der Waals surface area contributed by atoms with Gasteiger partial charge in [0.05, 0.1) is 11.3 Å². The van der Waals surface area contributed by atoms with E-state index in [1.807, 2.05) is 25.1 Å². The van der Waals surface area contributed by atoms with Crippen LogP contribution in [0, 0.1) is 6.92 Å². The average molecular weight is 409 g/mol. The number of nitrogens with one attached hydrogen (secondary N) is 1. The van der Waals surface area contributed by atoms with Crippen molar-refractivity contribution in [3.05, 3.63) is 65.7 Å². The monoisotopic (exact) mass is 408 g/mol. The summed E-state index contributed by atoms with van der Waals surface area (Å²) in [5.74, 6) is 1.20.